The highest BCUT2D eigenvalue weighted by Gasteiger charge is 2.17. The van der Waals surface area contributed by atoms with Crippen molar-refractivity contribution in [3.63, 3.8) is 0 Å². The Bertz CT molecular complexity index is 526. The fourth-order valence-corrected chi connectivity index (χ4v) is 2.27. The average molecular weight is 259 g/mol. The molecule has 1 aromatic carbocycles. The minimum atomic E-state index is 0.281. The number of aromatic nitrogens is 4. The van der Waals surface area contributed by atoms with Crippen LogP contribution < -0.4 is 5.73 Å². The molecule has 102 valence electrons. The van der Waals surface area contributed by atoms with Gasteiger partial charge in [-0.3, -0.25) is 0 Å². The van der Waals surface area contributed by atoms with Crippen LogP contribution in [0, 0.1) is 6.92 Å². The van der Waals surface area contributed by atoms with E-state index >= 15 is 0 Å². The summed E-state index contributed by atoms with van der Waals surface area (Å²) in [6.45, 7) is 6.36. The topological polar surface area (TPSA) is 69.6 Å². The first-order valence-electron chi connectivity index (χ1n) is 6.78. The van der Waals surface area contributed by atoms with Gasteiger partial charge in [0, 0.05) is 11.3 Å². The maximum atomic E-state index is 6.07. The zero-order chi connectivity index (χ0) is 13.8. The van der Waals surface area contributed by atoms with Crippen LogP contribution in [0.25, 0.3) is 11.4 Å². The molecule has 0 aliphatic heterocycles. The SMILES string of the molecule is CCCCC(C)n1nnnc1-c1c(C)cccc1N. The summed E-state index contributed by atoms with van der Waals surface area (Å²) in [6, 6.07) is 6.14. The van der Waals surface area contributed by atoms with Gasteiger partial charge in [-0.05, 0) is 42.3 Å². The first-order valence-corrected chi connectivity index (χ1v) is 6.78. The molecule has 5 heteroatoms. The van der Waals surface area contributed by atoms with Crippen molar-refractivity contribution in [2.24, 2.45) is 0 Å². The molecule has 19 heavy (non-hydrogen) atoms. The van der Waals surface area contributed by atoms with Crippen LogP contribution in [-0.2, 0) is 0 Å². The van der Waals surface area contributed by atoms with E-state index in [1.807, 2.05) is 29.8 Å². The highest BCUT2D eigenvalue weighted by molar-refractivity contribution is 5.74. The minimum Gasteiger partial charge on any atom is -0.398 e. The maximum Gasteiger partial charge on any atom is 0.184 e. The van der Waals surface area contributed by atoms with Crippen LogP contribution in [0.5, 0.6) is 0 Å². The molecular weight excluding hydrogens is 238 g/mol. The van der Waals surface area contributed by atoms with Crippen LogP contribution in [0.1, 0.15) is 44.7 Å². The van der Waals surface area contributed by atoms with Crippen LogP contribution in [0.2, 0.25) is 0 Å². The van der Waals surface area contributed by atoms with Gasteiger partial charge in [0.05, 0.1) is 6.04 Å². The molecule has 0 aliphatic rings. The largest absolute Gasteiger partial charge is 0.398 e. The monoisotopic (exact) mass is 259 g/mol. The van der Waals surface area contributed by atoms with E-state index in [1.165, 1.54) is 12.8 Å². The number of nitrogens with two attached hydrogens (primary N) is 1. The lowest BCUT2D eigenvalue weighted by Crippen LogP contribution is -2.10. The molecule has 1 unspecified atom stereocenters. The number of nitrogens with zero attached hydrogens (tertiary/aromatic N) is 4. The molecule has 2 N–H and O–H groups in total. The van der Waals surface area contributed by atoms with Gasteiger partial charge in [0.1, 0.15) is 0 Å². The van der Waals surface area contributed by atoms with E-state index in [9.17, 15) is 0 Å². The molecule has 1 aromatic heterocycles. The average Bonchev–Trinajstić information content (AvgIpc) is 2.85. The third kappa shape index (κ3) is 2.75. The Morgan fingerprint density at radius 3 is 2.84 bits per heavy atom. The maximum absolute atomic E-state index is 6.07. The molecule has 5 nitrogen and oxygen atoms in total. The summed E-state index contributed by atoms with van der Waals surface area (Å²) in [7, 11) is 0. The van der Waals surface area contributed by atoms with Crippen LogP contribution in [-0.4, -0.2) is 20.2 Å². The number of rotatable bonds is 5. The molecule has 0 radical (unpaired) electrons. The molecular formula is C14H21N5. The van der Waals surface area contributed by atoms with Crippen molar-refractivity contribution in [3.05, 3.63) is 23.8 Å². The van der Waals surface area contributed by atoms with E-state index in [0.29, 0.717) is 0 Å². The molecule has 1 atom stereocenters. The smallest absolute Gasteiger partial charge is 0.184 e. The Morgan fingerprint density at radius 1 is 1.37 bits per heavy atom. The first kappa shape index (κ1) is 13.5. The number of nitrogen functional groups attached to an aromatic ring is 1. The van der Waals surface area contributed by atoms with E-state index in [1.54, 1.807) is 0 Å². The molecule has 2 rings (SSSR count). The van der Waals surface area contributed by atoms with Crippen LogP contribution in [0.4, 0.5) is 5.69 Å². The van der Waals surface area contributed by atoms with Crippen LogP contribution >= 0.6 is 0 Å². The predicted octanol–water partition coefficient (Wildman–Crippen LogP) is 2.98. The van der Waals surface area contributed by atoms with Crippen molar-refractivity contribution in [2.75, 3.05) is 5.73 Å². The van der Waals surface area contributed by atoms with E-state index in [2.05, 4.69) is 29.4 Å². The number of unbranched alkanes of at least 4 members (excludes halogenated alkanes) is 1. The Hall–Kier alpha value is -1.91. The molecule has 0 bridgehead atoms. The van der Waals surface area contributed by atoms with Gasteiger partial charge >= 0.3 is 0 Å². The van der Waals surface area contributed by atoms with Crippen molar-refractivity contribution < 1.29 is 0 Å². The van der Waals surface area contributed by atoms with Gasteiger partial charge in [0.15, 0.2) is 5.82 Å². The number of anilines is 1. The standard InChI is InChI=1S/C14H21N5/c1-4-5-8-11(3)19-14(16-17-18-19)13-10(2)7-6-9-12(13)15/h6-7,9,11H,4-5,8,15H2,1-3H3. The van der Waals surface area contributed by atoms with E-state index in [4.69, 9.17) is 5.73 Å². The van der Waals surface area contributed by atoms with Gasteiger partial charge in [-0.2, -0.15) is 0 Å². The number of benzene rings is 1. The highest BCUT2D eigenvalue weighted by Crippen LogP contribution is 2.29. The lowest BCUT2D eigenvalue weighted by atomic mass is 10.1. The number of aryl methyl sites for hydroxylation is 1. The molecule has 0 spiro atoms. The summed E-state index contributed by atoms with van der Waals surface area (Å²) in [5.41, 5.74) is 8.83. The van der Waals surface area contributed by atoms with Gasteiger partial charge < -0.3 is 5.73 Å². The lowest BCUT2D eigenvalue weighted by molar-refractivity contribution is 0.437. The summed E-state index contributed by atoms with van der Waals surface area (Å²) in [4.78, 5) is 0. The van der Waals surface area contributed by atoms with Crippen molar-refractivity contribution in [3.8, 4) is 11.4 Å². The van der Waals surface area contributed by atoms with Crippen LogP contribution in [0.15, 0.2) is 18.2 Å². The summed E-state index contributed by atoms with van der Waals surface area (Å²) in [5, 5.41) is 12.1. The molecule has 0 saturated carbocycles. The highest BCUT2D eigenvalue weighted by atomic mass is 15.5. The third-order valence-corrected chi connectivity index (χ3v) is 3.41. The second-order valence-corrected chi connectivity index (χ2v) is 4.98. The molecule has 0 saturated heterocycles. The van der Waals surface area contributed by atoms with E-state index in [-0.39, 0.29) is 6.04 Å². The Kier molecular flexibility index (Phi) is 4.14. The van der Waals surface area contributed by atoms with Crippen molar-refractivity contribution in [2.45, 2.75) is 46.1 Å². The fraction of sp³-hybridized carbons (Fsp3) is 0.500. The molecule has 0 aliphatic carbocycles. The Morgan fingerprint density at radius 2 is 2.16 bits per heavy atom. The van der Waals surface area contributed by atoms with Gasteiger partial charge in [0.25, 0.3) is 0 Å². The van der Waals surface area contributed by atoms with Gasteiger partial charge in [0.2, 0.25) is 0 Å². The normalized spacial score (nSPS) is 12.6. The van der Waals surface area contributed by atoms with Crippen molar-refractivity contribution in [1.29, 1.82) is 0 Å². The summed E-state index contributed by atoms with van der Waals surface area (Å²) in [5.74, 6) is 0.763. The van der Waals surface area contributed by atoms with E-state index < -0.39 is 0 Å². The number of hydrogen-bond acceptors (Lipinski definition) is 4. The molecule has 2 aromatic rings. The third-order valence-electron chi connectivity index (χ3n) is 3.41. The lowest BCUT2D eigenvalue weighted by Gasteiger charge is -2.15. The van der Waals surface area contributed by atoms with Gasteiger partial charge in [-0.15, -0.1) is 5.10 Å². The van der Waals surface area contributed by atoms with Crippen LogP contribution in [0.3, 0.4) is 0 Å². The fourth-order valence-electron chi connectivity index (χ4n) is 2.27. The summed E-state index contributed by atoms with van der Waals surface area (Å²) in [6.07, 6.45) is 3.42. The van der Waals surface area contributed by atoms with Crippen molar-refractivity contribution >= 4 is 5.69 Å². The van der Waals surface area contributed by atoms with E-state index in [0.717, 1.165) is 29.1 Å². The summed E-state index contributed by atoms with van der Waals surface area (Å²) >= 11 is 0. The Balaban J connectivity index is 2.39. The molecule has 0 amide bonds. The second-order valence-electron chi connectivity index (χ2n) is 4.98. The van der Waals surface area contributed by atoms with Crippen molar-refractivity contribution in [1.82, 2.24) is 20.2 Å². The molecule has 1 heterocycles. The zero-order valence-corrected chi connectivity index (χ0v) is 11.8. The van der Waals surface area contributed by atoms with Gasteiger partial charge in [-0.1, -0.05) is 31.9 Å². The summed E-state index contributed by atoms with van der Waals surface area (Å²) < 4.78 is 1.88. The van der Waals surface area contributed by atoms with Gasteiger partial charge in [-0.25, -0.2) is 4.68 Å². The molecule has 0 fully saturated rings. The predicted molar refractivity (Wildman–Crippen MR) is 76.6 cm³/mol. The first-order chi connectivity index (χ1) is 9.15. The minimum absolute atomic E-state index is 0.281. The number of tetrazole rings is 1. The second kappa shape index (κ2) is 5.82. The Labute approximate surface area is 113 Å². The zero-order valence-electron chi connectivity index (χ0n) is 11.8. The quantitative estimate of drug-likeness (QED) is 0.838. The number of hydrogen-bond donors (Lipinski definition) is 1.